The van der Waals surface area contributed by atoms with Gasteiger partial charge >= 0.3 is 0 Å². The largest absolute Gasteiger partial charge is 0.352 e. The molecular formula is C26H33Cl2N3O4S. The standard InChI is InChI=1S/C26H33Cl2N3O4S/c1-4-24(26(33)29-20-10-5-6-11-20)30(16-19-9-7-8-18(2)14-19)25(32)17-31(36(3,34)35)21-12-13-22(27)23(28)15-21/h7-9,12-15,20,24H,4-6,10-11,16-17H2,1-3H3,(H,29,33)/t24-/m1/s1. The van der Waals surface area contributed by atoms with Crippen LogP contribution in [-0.4, -0.2) is 50.0 Å². The lowest BCUT2D eigenvalue weighted by molar-refractivity contribution is -0.140. The first kappa shape index (κ1) is 28.3. The fourth-order valence-corrected chi connectivity index (χ4v) is 5.68. The lowest BCUT2D eigenvalue weighted by Gasteiger charge is -2.33. The molecule has 0 radical (unpaired) electrons. The van der Waals surface area contributed by atoms with Gasteiger partial charge in [-0.1, -0.05) is 72.8 Å². The Hall–Kier alpha value is -2.29. The molecule has 0 aromatic heterocycles. The molecule has 1 N–H and O–H groups in total. The van der Waals surface area contributed by atoms with Crippen LogP contribution in [0.25, 0.3) is 0 Å². The van der Waals surface area contributed by atoms with Gasteiger partial charge in [0.1, 0.15) is 12.6 Å². The van der Waals surface area contributed by atoms with Crippen molar-refractivity contribution in [2.45, 2.75) is 64.6 Å². The van der Waals surface area contributed by atoms with Crippen LogP contribution in [0.4, 0.5) is 5.69 Å². The number of sulfonamides is 1. The number of carbonyl (C=O) groups excluding carboxylic acids is 2. The van der Waals surface area contributed by atoms with Gasteiger partial charge in [-0.3, -0.25) is 13.9 Å². The molecule has 0 unspecified atom stereocenters. The topological polar surface area (TPSA) is 86.8 Å². The average molecular weight is 555 g/mol. The van der Waals surface area contributed by atoms with Crippen LogP contribution in [-0.2, 0) is 26.2 Å². The van der Waals surface area contributed by atoms with E-state index in [0.717, 1.165) is 47.4 Å². The van der Waals surface area contributed by atoms with Crippen LogP contribution in [0, 0.1) is 6.92 Å². The van der Waals surface area contributed by atoms with Gasteiger partial charge in [0.25, 0.3) is 0 Å². The first-order valence-electron chi connectivity index (χ1n) is 12.1. The average Bonchev–Trinajstić information content (AvgIpc) is 3.31. The fraction of sp³-hybridized carbons (Fsp3) is 0.462. The Kier molecular flexibility index (Phi) is 9.66. The summed E-state index contributed by atoms with van der Waals surface area (Å²) in [6.07, 6.45) is 5.40. The van der Waals surface area contributed by atoms with E-state index < -0.39 is 28.5 Å². The minimum Gasteiger partial charge on any atom is -0.352 e. The smallest absolute Gasteiger partial charge is 0.244 e. The summed E-state index contributed by atoms with van der Waals surface area (Å²) in [6.45, 7) is 3.50. The van der Waals surface area contributed by atoms with Crippen molar-refractivity contribution in [3.8, 4) is 0 Å². The van der Waals surface area contributed by atoms with E-state index in [1.54, 1.807) is 0 Å². The maximum atomic E-state index is 13.7. The summed E-state index contributed by atoms with van der Waals surface area (Å²) in [5, 5.41) is 3.54. The van der Waals surface area contributed by atoms with Crippen molar-refractivity contribution in [1.82, 2.24) is 10.2 Å². The maximum absolute atomic E-state index is 13.7. The molecule has 0 bridgehead atoms. The lowest BCUT2D eigenvalue weighted by Crippen LogP contribution is -2.53. The van der Waals surface area contributed by atoms with Gasteiger partial charge in [0.2, 0.25) is 21.8 Å². The summed E-state index contributed by atoms with van der Waals surface area (Å²) in [5.41, 5.74) is 2.10. The molecule has 196 valence electrons. The molecule has 2 aromatic rings. The summed E-state index contributed by atoms with van der Waals surface area (Å²) in [6, 6.07) is 11.4. The highest BCUT2D eigenvalue weighted by molar-refractivity contribution is 7.92. The van der Waals surface area contributed by atoms with Gasteiger partial charge in [-0.15, -0.1) is 0 Å². The molecule has 1 atom stereocenters. The quantitative estimate of drug-likeness (QED) is 0.451. The van der Waals surface area contributed by atoms with Crippen molar-refractivity contribution in [2.75, 3.05) is 17.1 Å². The SMILES string of the molecule is CC[C@H](C(=O)NC1CCCC1)N(Cc1cccc(C)c1)C(=O)CN(c1ccc(Cl)c(Cl)c1)S(C)(=O)=O. The van der Waals surface area contributed by atoms with E-state index in [1.165, 1.54) is 23.1 Å². The number of halogens is 2. The number of hydrogen-bond donors (Lipinski definition) is 1. The van der Waals surface area contributed by atoms with Gasteiger partial charge in [0.15, 0.2) is 0 Å². The monoisotopic (exact) mass is 553 g/mol. The molecule has 3 rings (SSSR count). The molecule has 10 heteroatoms. The van der Waals surface area contributed by atoms with Gasteiger partial charge in [-0.05, 0) is 49.9 Å². The van der Waals surface area contributed by atoms with Crippen molar-refractivity contribution in [3.63, 3.8) is 0 Å². The second kappa shape index (κ2) is 12.3. The molecule has 1 fully saturated rings. The van der Waals surface area contributed by atoms with Crippen LogP contribution in [0.5, 0.6) is 0 Å². The van der Waals surface area contributed by atoms with Gasteiger partial charge in [-0.2, -0.15) is 0 Å². The van der Waals surface area contributed by atoms with Gasteiger partial charge in [0, 0.05) is 12.6 Å². The molecule has 1 saturated carbocycles. The summed E-state index contributed by atoms with van der Waals surface area (Å²) >= 11 is 12.1. The van der Waals surface area contributed by atoms with Crippen molar-refractivity contribution < 1.29 is 18.0 Å². The van der Waals surface area contributed by atoms with E-state index in [-0.39, 0.29) is 34.2 Å². The highest BCUT2D eigenvalue weighted by Gasteiger charge is 2.33. The first-order chi connectivity index (χ1) is 17.0. The highest BCUT2D eigenvalue weighted by Crippen LogP contribution is 2.29. The molecule has 2 aromatic carbocycles. The summed E-state index contributed by atoms with van der Waals surface area (Å²) in [7, 11) is -3.84. The van der Waals surface area contributed by atoms with Crippen LogP contribution in [0.2, 0.25) is 10.0 Å². The zero-order valence-corrected chi connectivity index (χ0v) is 23.2. The number of hydrogen-bond acceptors (Lipinski definition) is 4. The number of aryl methyl sites for hydroxylation is 1. The van der Waals surface area contributed by atoms with Crippen molar-refractivity contribution in [2.24, 2.45) is 0 Å². The number of nitrogens with zero attached hydrogens (tertiary/aromatic N) is 2. The Morgan fingerprint density at radius 2 is 1.78 bits per heavy atom. The van der Waals surface area contributed by atoms with E-state index in [0.29, 0.717) is 6.42 Å². The molecule has 0 saturated heterocycles. The number of nitrogens with one attached hydrogen (secondary N) is 1. The molecule has 36 heavy (non-hydrogen) atoms. The summed E-state index contributed by atoms with van der Waals surface area (Å²) < 4.78 is 26.4. The van der Waals surface area contributed by atoms with Crippen LogP contribution in [0.15, 0.2) is 42.5 Å². The van der Waals surface area contributed by atoms with Gasteiger partial charge in [0.05, 0.1) is 22.0 Å². The van der Waals surface area contributed by atoms with Crippen molar-refractivity contribution in [3.05, 3.63) is 63.6 Å². The molecule has 2 amide bonds. The Balaban J connectivity index is 1.93. The Labute approximate surface area is 223 Å². The third-order valence-electron chi connectivity index (χ3n) is 6.39. The number of anilines is 1. The van der Waals surface area contributed by atoms with Crippen molar-refractivity contribution >= 4 is 50.7 Å². The second-order valence-corrected chi connectivity index (χ2v) is 12.0. The zero-order chi connectivity index (χ0) is 26.5. The normalized spacial score (nSPS) is 14.9. The molecular weight excluding hydrogens is 521 g/mol. The predicted molar refractivity (Wildman–Crippen MR) is 145 cm³/mol. The predicted octanol–water partition coefficient (Wildman–Crippen LogP) is 4.93. The maximum Gasteiger partial charge on any atom is 0.244 e. The van der Waals surface area contributed by atoms with Crippen molar-refractivity contribution in [1.29, 1.82) is 0 Å². The third-order valence-corrected chi connectivity index (χ3v) is 8.27. The molecule has 1 aliphatic rings. The van der Waals surface area contributed by atoms with Crippen LogP contribution < -0.4 is 9.62 Å². The van der Waals surface area contributed by atoms with Crippen LogP contribution in [0.1, 0.15) is 50.2 Å². The molecule has 1 aliphatic carbocycles. The van der Waals surface area contributed by atoms with E-state index in [9.17, 15) is 18.0 Å². The first-order valence-corrected chi connectivity index (χ1v) is 14.7. The zero-order valence-electron chi connectivity index (χ0n) is 20.8. The highest BCUT2D eigenvalue weighted by atomic mass is 35.5. The third kappa shape index (κ3) is 7.37. The van der Waals surface area contributed by atoms with E-state index in [4.69, 9.17) is 23.2 Å². The Bertz CT molecular complexity index is 1200. The number of rotatable bonds is 10. The summed E-state index contributed by atoms with van der Waals surface area (Å²) in [4.78, 5) is 28.5. The molecule has 0 heterocycles. The van der Waals surface area contributed by atoms with Gasteiger partial charge < -0.3 is 10.2 Å². The van der Waals surface area contributed by atoms with E-state index in [2.05, 4.69) is 5.32 Å². The van der Waals surface area contributed by atoms with Crippen LogP contribution in [0.3, 0.4) is 0 Å². The van der Waals surface area contributed by atoms with E-state index >= 15 is 0 Å². The number of amides is 2. The van der Waals surface area contributed by atoms with E-state index in [1.807, 2.05) is 38.1 Å². The second-order valence-electron chi connectivity index (χ2n) is 9.29. The lowest BCUT2D eigenvalue weighted by atomic mass is 10.1. The Morgan fingerprint density at radius 1 is 1.08 bits per heavy atom. The summed E-state index contributed by atoms with van der Waals surface area (Å²) in [5.74, 6) is -0.702. The molecule has 7 nitrogen and oxygen atoms in total. The number of benzene rings is 2. The van der Waals surface area contributed by atoms with Gasteiger partial charge in [-0.25, -0.2) is 8.42 Å². The minimum atomic E-state index is -3.84. The van der Waals surface area contributed by atoms with Crippen LogP contribution >= 0.6 is 23.2 Å². The molecule has 0 aliphatic heterocycles. The molecule has 0 spiro atoms. The fourth-order valence-electron chi connectivity index (χ4n) is 4.55. The minimum absolute atomic E-state index is 0.103. The number of carbonyl (C=O) groups is 2. The Morgan fingerprint density at radius 3 is 2.36 bits per heavy atom.